The highest BCUT2D eigenvalue weighted by molar-refractivity contribution is 6.30. The second-order valence-corrected chi connectivity index (χ2v) is 4.78. The largest absolute Gasteiger partial charge is 0.480 e. The molecule has 1 aromatic carbocycles. The number of imidazole rings is 1. The minimum Gasteiger partial charge on any atom is -0.480 e. The highest BCUT2D eigenvalue weighted by Gasteiger charge is 2.16. The van der Waals surface area contributed by atoms with Gasteiger partial charge in [-0.1, -0.05) is 23.7 Å². The maximum Gasteiger partial charge on any atom is 0.325 e. The number of hydrogen-bond acceptors (Lipinski definition) is 4. The molecule has 21 heavy (non-hydrogen) atoms. The summed E-state index contributed by atoms with van der Waals surface area (Å²) in [4.78, 5) is 29.8. The van der Waals surface area contributed by atoms with Crippen LogP contribution in [0.15, 0.2) is 35.4 Å². The summed E-state index contributed by atoms with van der Waals surface area (Å²) in [5.74, 6) is -1.15. The van der Waals surface area contributed by atoms with Crippen molar-refractivity contribution in [1.82, 2.24) is 19.7 Å². The number of carbonyl (C=O) groups is 1. The number of aromatic nitrogens is 4. The molecule has 3 aromatic rings. The predicted molar refractivity (Wildman–Crippen MR) is 76.2 cm³/mol. The summed E-state index contributed by atoms with van der Waals surface area (Å²) in [6.45, 7) is -0.526. The van der Waals surface area contributed by atoms with Crippen LogP contribution >= 0.6 is 11.6 Å². The summed E-state index contributed by atoms with van der Waals surface area (Å²) in [5, 5.41) is 13.5. The van der Waals surface area contributed by atoms with Crippen molar-refractivity contribution in [1.29, 1.82) is 0 Å². The van der Waals surface area contributed by atoms with E-state index in [4.69, 9.17) is 16.7 Å². The molecule has 0 saturated carbocycles. The van der Waals surface area contributed by atoms with Gasteiger partial charge in [-0.2, -0.15) is 5.10 Å². The Balaban J connectivity index is 2.31. The minimum atomic E-state index is -1.15. The van der Waals surface area contributed by atoms with Crippen molar-refractivity contribution >= 4 is 28.6 Å². The number of aliphatic carboxylic acids is 1. The fourth-order valence-electron chi connectivity index (χ4n) is 2.04. The first-order valence-electron chi connectivity index (χ1n) is 5.98. The number of rotatable bonds is 3. The van der Waals surface area contributed by atoms with E-state index in [9.17, 15) is 9.59 Å². The summed E-state index contributed by atoms with van der Waals surface area (Å²) in [7, 11) is 0. The standard InChI is InChI=1S/C13H9ClN4O3/c14-8-3-1-2-7(4-8)10-11-12(16-6-15-11)13(21)18(17-10)5-9(19)20/h1-4,6H,5H2,(H,15,16)(H,19,20). The second-order valence-electron chi connectivity index (χ2n) is 4.34. The van der Waals surface area contributed by atoms with Crippen LogP contribution in [0.3, 0.4) is 0 Å². The Morgan fingerprint density at radius 3 is 2.95 bits per heavy atom. The van der Waals surface area contributed by atoms with Crippen LogP contribution in [0.2, 0.25) is 5.02 Å². The molecule has 0 saturated heterocycles. The Morgan fingerprint density at radius 1 is 1.43 bits per heavy atom. The van der Waals surface area contributed by atoms with Gasteiger partial charge in [-0.15, -0.1) is 0 Å². The number of aromatic amines is 1. The zero-order valence-electron chi connectivity index (χ0n) is 10.6. The van der Waals surface area contributed by atoms with Crippen LogP contribution in [0.1, 0.15) is 0 Å². The lowest BCUT2D eigenvalue weighted by atomic mass is 10.1. The highest BCUT2D eigenvalue weighted by Crippen LogP contribution is 2.24. The lowest BCUT2D eigenvalue weighted by Gasteiger charge is -2.07. The van der Waals surface area contributed by atoms with E-state index in [2.05, 4.69) is 15.1 Å². The van der Waals surface area contributed by atoms with Gasteiger partial charge in [0.05, 0.1) is 6.33 Å². The van der Waals surface area contributed by atoms with Gasteiger partial charge in [0, 0.05) is 10.6 Å². The molecule has 3 rings (SSSR count). The number of hydrogen-bond donors (Lipinski definition) is 2. The van der Waals surface area contributed by atoms with Crippen LogP contribution in [-0.4, -0.2) is 30.8 Å². The lowest BCUT2D eigenvalue weighted by Crippen LogP contribution is -2.27. The van der Waals surface area contributed by atoms with E-state index in [0.29, 0.717) is 21.8 Å². The van der Waals surface area contributed by atoms with Crippen molar-refractivity contribution in [2.75, 3.05) is 0 Å². The third-order valence-corrected chi connectivity index (χ3v) is 3.15. The molecule has 0 aliphatic heterocycles. The Kier molecular flexibility index (Phi) is 3.19. The molecule has 0 fully saturated rings. The average molecular weight is 305 g/mol. The molecule has 2 aromatic heterocycles. The fraction of sp³-hybridized carbons (Fsp3) is 0.0769. The van der Waals surface area contributed by atoms with E-state index in [1.54, 1.807) is 24.3 Å². The lowest BCUT2D eigenvalue weighted by molar-refractivity contribution is -0.137. The summed E-state index contributed by atoms with van der Waals surface area (Å²) >= 11 is 5.96. The first-order valence-corrected chi connectivity index (χ1v) is 6.36. The summed E-state index contributed by atoms with van der Waals surface area (Å²) in [6.07, 6.45) is 1.37. The van der Waals surface area contributed by atoms with E-state index < -0.39 is 18.1 Å². The molecule has 0 atom stereocenters. The summed E-state index contributed by atoms with van der Waals surface area (Å²) in [5.41, 5.74) is 1.11. The van der Waals surface area contributed by atoms with Gasteiger partial charge in [0.25, 0.3) is 5.56 Å². The molecule has 8 heteroatoms. The van der Waals surface area contributed by atoms with E-state index in [-0.39, 0.29) is 5.52 Å². The van der Waals surface area contributed by atoms with E-state index >= 15 is 0 Å². The number of fused-ring (bicyclic) bond motifs is 1. The number of nitrogens with one attached hydrogen (secondary N) is 1. The number of H-pyrrole nitrogens is 1. The van der Waals surface area contributed by atoms with Crippen molar-refractivity contribution in [3.63, 3.8) is 0 Å². The van der Waals surface area contributed by atoms with Gasteiger partial charge in [0.1, 0.15) is 23.3 Å². The normalized spacial score (nSPS) is 10.9. The van der Waals surface area contributed by atoms with Gasteiger partial charge < -0.3 is 10.1 Å². The van der Waals surface area contributed by atoms with Crippen molar-refractivity contribution < 1.29 is 9.90 Å². The van der Waals surface area contributed by atoms with Gasteiger partial charge in [-0.3, -0.25) is 9.59 Å². The summed E-state index contributed by atoms with van der Waals surface area (Å²) in [6, 6.07) is 6.88. The van der Waals surface area contributed by atoms with Crippen molar-refractivity contribution in [3.05, 3.63) is 46.0 Å². The molecule has 7 nitrogen and oxygen atoms in total. The molecule has 0 bridgehead atoms. The van der Waals surface area contributed by atoms with Crippen LogP contribution in [0.5, 0.6) is 0 Å². The van der Waals surface area contributed by atoms with Crippen LogP contribution in [0.4, 0.5) is 0 Å². The van der Waals surface area contributed by atoms with Crippen molar-refractivity contribution in [2.24, 2.45) is 0 Å². The topological polar surface area (TPSA) is 101 Å². The van der Waals surface area contributed by atoms with Gasteiger partial charge in [-0.25, -0.2) is 9.67 Å². The number of carboxylic acids is 1. The summed E-state index contributed by atoms with van der Waals surface area (Å²) < 4.78 is 0.888. The molecular weight excluding hydrogens is 296 g/mol. The zero-order valence-corrected chi connectivity index (χ0v) is 11.3. The highest BCUT2D eigenvalue weighted by atomic mass is 35.5. The minimum absolute atomic E-state index is 0.209. The average Bonchev–Trinajstić information content (AvgIpc) is 2.91. The van der Waals surface area contributed by atoms with Crippen LogP contribution < -0.4 is 5.56 Å². The molecule has 2 heterocycles. The van der Waals surface area contributed by atoms with Crippen molar-refractivity contribution in [3.8, 4) is 11.3 Å². The molecular formula is C13H9ClN4O3. The Morgan fingerprint density at radius 2 is 2.24 bits per heavy atom. The maximum absolute atomic E-state index is 12.1. The monoisotopic (exact) mass is 304 g/mol. The SMILES string of the molecule is O=C(O)Cn1nc(-c2cccc(Cl)c2)c2nc[nH]c2c1=O. The third kappa shape index (κ3) is 2.38. The van der Waals surface area contributed by atoms with Gasteiger partial charge in [0.2, 0.25) is 0 Å². The van der Waals surface area contributed by atoms with E-state index in [1.807, 2.05) is 0 Å². The quantitative estimate of drug-likeness (QED) is 0.764. The molecule has 2 N–H and O–H groups in total. The Labute approximate surface area is 122 Å². The van der Waals surface area contributed by atoms with Gasteiger partial charge >= 0.3 is 5.97 Å². The fourth-order valence-corrected chi connectivity index (χ4v) is 2.24. The first-order chi connectivity index (χ1) is 10.1. The smallest absolute Gasteiger partial charge is 0.325 e. The Hall–Kier alpha value is -2.67. The van der Waals surface area contributed by atoms with E-state index in [1.165, 1.54) is 6.33 Å². The van der Waals surface area contributed by atoms with Gasteiger partial charge in [-0.05, 0) is 12.1 Å². The molecule has 0 amide bonds. The maximum atomic E-state index is 12.1. The molecule has 0 unspecified atom stereocenters. The second kappa shape index (κ2) is 5.02. The van der Waals surface area contributed by atoms with Crippen molar-refractivity contribution in [2.45, 2.75) is 6.54 Å². The number of nitrogens with zero attached hydrogens (tertiary/aromatic N) is 3. The molecule has 106 valence electrons. The first kappa shape index (κ1) is 13.3. The van der Waals surface area contributed by atoms with Crippen LogP contribution in [0.25, 0.3) is 22.3 Å². The number of halogens is 1. The van der Waals surface area contributed by atoms with Gasteiger partial charge in [0.15, 0.2) is 0 Å². The molecule has 0 aliphatic rings. The molecule has 0 spiro atoms. The molecule has 0 radical (unpaired) electrons. The predicted octanol–water partition coefficient (Wildman–Crippen LogP) is 1.52. The number of benzene rings is 1. The third-order valence-electron chi connectivity index (χ3n) is 2.92. The molecule has 0 aliphatic carbocycles. The Bertz CT molecular complexity index is 900. The zero-order chi connectivity index (χ0) is 15.0. The van der Waals surface area contributed by atoms with E-state index in [0.717, 1.165) is 4.68 Å². The van der Waals surface area contributed by atoms with Crippen LogP contribution in [-0.2, 0) is 11.3 Å². The van der Waals surface area contributed by atoms with Crippen LogP contribution in [0, 0.1) is 0 Å². The number of carboxylic acid groups (broad SMARTS) is 1.